The van der Waals surface area contributed by atoms with Crippen molar-refractivity contribution in [1.29, 1.82) is 0 Å². The van der Waals surface area contributed by atoms with Gasteiger partial charge in [0, 0.05) is 0 Å². The van der Waals surface area contributed by atoms with Crippen molar-refractivity contribution in [2.24, 2.45) is 0 Å². The Morgan fingerprint density at radius 1 is 1.29 bits per heavy atom. The van der Waals surface area contributed by atoms with Crippen molar-refractivity contribution in [3.8, 4) is 0 Å². The second-order valence-electron chi connectivity index (χ2n) is 3.07. The standard InChI is InChI=1S/C10H14O3S/c1-2-9(8-11)14(12,13)10-6-4-3-5-7-10/h3-7,9,11H,2,8H2,1H3/t9-/m0/s1. The SMILES string of the molecule is CC[C@@H](CO)S(=O)(=O)c1ccccc1. The predicted molar refractivity (Wildman–Crippen MR) is 54.8 cm³/mol. The molecule has 0 saturated heterocycles. The molecule has 0 saturated carbocycles. The van der Waals surface area contributed by atoms with Crippen LogP contribution in [0.5, 0.6) is 0 Å². The fourth-order valence-corrected chi connectivity index (χ4v) is 2.81. The van der Waals surface area contributed by atoms with Gasteiger partial charge in [-0.3, -0.25) is 0 Å². The van der Waals surface area contributed by atoms with Crippen LogP contribution >= 0.6 is 0 Å². The zero-order chi connectivity index (χ0) is 10.6. The number of hydrogen-bond acceptors (Lipinski definition) is 3. The second kappa shape index (κ2) is 4.57. The van der Waals surface area contributed by atoms with Crippen molar-refractivity contribution in [3.63, 3.8) is 0 Å². The quantitative estimate of drug-likeness (QED) is 0.820. The van der Waals surface area contributed by atoms with E-state index < -0.39 is 15.1 Å². The summed E-state index contributed by atoms with van der Waals surface area (Å²) in [4.78, 5) is 0.279. The van der Waals surface area contributed by atoms with Crippen LogP contribution in [0.25, 0.3) is 0 Å². The molecule has 1 atom stereocenters. The molecule has 1 aromatic carbocycles. The number of benzene rings is 1. The first-order valence-electron chi connectivity index (χ1n) is 4.52. The Balaban J connectivity index is 3.08. The molecule has 0 aliphatic heterocycles. The molecule has 0 aliphatic rings. The molecule has 0 spiro atoms. The Labute approximate surface area is 84.3 Å². The minimum atomic E-state index is -3.35. The van der Waals surface area contributed by atoms with Crippen LogP contribution in [-0.4, -0.2) is 25.4 Å². The van der Waals surface area contributed by atoms with Crippen LogP contribution in [0.15, 0.2) is 35.2 Å². The van der Waals surface area contributed by atoms with Gasteiger partial charge >= 0.3 is 0 Å². The molecule has 14 heavy (non-hydrogen) atoms. The average Bonchev–Trinajstić information content (AvgIpc) is 2.20. The van der Waals surface area contributed by atoms with Gasteiger partial charge in [-0.2, -0.15) is 0 Å². The van der Waals surface area contributed by atoms with Crippen LogP contribution in [-0.2, 0) is 9.84 Å². The number of sulfone groups is 1. The van der Waals surface area contributed by atoms with Gasteiger partial charge in [0.1, 0.15) is 0 Å². The summed E-state index contributed by atoms with van der Waals surface area (Å²) in [5, 5.41) is 8.25. The summed E-state index contributed by atoms with van der Waals surface area (Å²) in [7, 11) is -3.35. The Morgan fingerprint density at radius 2 is 1.86 bits per heavy atom. The molecular formula is C10H14O3S. The summed E-state index contributed by atoms with van der Waals surface area (Å²) in [6.45, 7) is 1.43. The fourth-order valence-electron chi connectivity index (χ4n) is 1.25. The first kappa shape index (κ1) is 11.2. The van der Waals surface area contributed by atoms with Crippen molar-refractivity contribution in [3.05, 3.63) is 30.3 Å². The van der Waals surface area contributed by atoms with E-state index in [1.54, 1.807) is 37.3 Å². The largest absolute Gasteiger partial charge is 0.395 e. The molecule has 0 radical (unpaired) electrons. The topological polar surface area (TPSA) is 54.4 Å². The lowest BCUT2D eigenvalue weighted by Gasteiger charge is -2.12. The zero-order valence-electron chi connectivity index (χ0n) is 8.05. The predicted octanol–water partition coefficient (Wildman–Crippen LogP) is 1.23. The van der Waals surface area contributed by atoms with E-state index in [1.807, 2.05) is 0 Å². The van der Waals surface area contributed by atoms with Gasteiger partial charge in [-0.25, -0.2) is 8.42 Å². The van der Waals surface area contributed by atoms with Crippen molar-refractivity contribution >= 4 is 9.84 Å². The highest BCUT2D eigenvalue weighted by atomic mass is 32.2. The molecule has 78 valence electrons. The van der Waals surface area contributed by atoms with Gasteiger partial charge in [0.25, 0.3) is 0 Å². The average molecular weight is 214 g/mol. The number of hydrogen-bond donors (Lipinski definition) is 1. The molecule has 1 rings (SSSR count). The van der Waals surface area contributed by atoms with E-state index in [0.29, 0.717) is 6.42 Å². The van der Waals surface area contributed by atoms with E-state index in [2.05, 4.69) is 0 Å². The Morgan fingerprint density at radius 3 is 2.29 bits per heavy atom. The molecule has 1 N–H and O–H groups in total. The second-order valence-corrected chi connectivity index (χ2v) is 5.30. The van der Waals surface area contributed by atoms with Gasteiger partial charge < -0.3 is 5.11 Å². The van der Waals surface area contributed by atoms with Crippen LogP contribution in [0.1, 0.15) is 13.3 Å². The lowest BCUT2D eigenvalue weighted by atomic mass is 10.3. The van der Waals surface area contributed by atoms with E-state index in [9.17, 15) is 8.42 Å². The van der Waals surface area contributed by atoms with E-state index in [-0.39, 0.29) is 11.5 Å². The highest BCUT2D eigenvalue weighted by Crippen LogP contribution is 2.17. The van der Waals surface area contributed by atoms with E-state index >= 15 is 0 Å². The third-order valence-electron chi connectivity index (χ3n) is 2.17. The first-order chi connectivity index (χ1) is 6.62. The summed E-state index contributed by atoms with van der Waals surface area (Å²) >= 11 is 0. The van der Waals surface area contributed by atoms with Crippen LogP contribution in [0.3, 0.4) is 0 Å². The Bertz CT molecular complexity index is 366. The van der Waals surface area contributed by atoms with Crippen molar-refractivity contribution < 1.29 is 13.5 Å². The smallest absolute Gasteiger partial charge is 0.183 e. The molecule has 0 amide bonds. The Kier molecular flexibility index (Phi) is 3.66. The molecule has 0 unspecified atom stereocenters. The fraction of sp³-hybridized carbons (Fsp3) is 0.400. The maximum absolute atomic E-state index is 11.8. The van der Waals surface area contributed by atoms with Crippen LogP contribution < -0.4 is 0 Å². The minimum absolute atomic E-state index is 0.279. The summed E-state index contributed by atoms with van der Waals surface area (Å²) in [6.07, 6.45) is 0.424. The highest BCUT2D eigenvalue weighted by Gasteiger charge is 2.24. The van der Waals surface area contributed by atoms with Gasteiger partial charge in [0.2, 0.25) is 0 Å². The lowest BCUT2D eigenvalue weighted by molar-refractivity contribution is 0.287. The lowest BCUT2D eigenvalue weighted by Crippen LogP contribution is -2.24. The van der Waals surface area contributed by atoms with Gasteiger partial charge in [-0.1, -0.05) is 25.1 Å². The molecule has 0 heterocycles. The minimum Gasteiger partial charge on any atom is -0.395 e. The number of aliphatic hydroxyl groups excluding tert-OH is 1. The summed E-state index contributed by atoms with van der Waals surface area (Å²) in [5.41, 5.74) is 0. The highest BCUT2D eigenvalue weighted by molar-refractivity contribution is 7.92. The first-order valence-corrected chi connectivity index (χ1v) is 6.07. The Hall–Kier alpha value is -0.870. The van der Waals surface area contributed by atoms with Crippen molar-refractivity contribution in [2.45, 2.75) is 23.5 Å². The third kappa shape index (κ3) is 2.13. The molecule has 0 bridgehead atoms. The summed E-state index contributed by atoms with van der Waals surface area (Å²) < 4.78 is 23.7. The molecule has 4 heteroatoms. The molecule has 3 nitrogen and oxygen atoms in total. The molecule has 1 aromatic rings. The van der Waals surface area contributed by atoms with Crippen LogP contribution in [0, 0.1) is 0 Å². The molecular weight excluding hydrogens is 200 g/mol. The van der Waals surface area contributed by atoms with Gasteiger partial charge in [0.05, 0.1) is 16.8 Å². The normalized spacial score (nSPS) is 13.9. The molecule has 0 aromatic heterocycles. The van der Waals surface area contributed by atoms with Crippen LogP contribution in [0.2, 0.25) is 0 Å². The maximum atomic E-state index is 11.8. The maximum Gasteiger partial charge on any atom is 0.183 e. The van der Waals surface area contributed by atoms with Crippen LogP contribution in [0.4, 0.5) is 0 Å². The van der Waals surface area contributed by atoms with Gasteiger partial charge in [0.15, 0.2) is 9.84 Å². The van der Waals surface area contributed by atoms with E-state index in [1.165, 1.54) is 0 Å². The van der Waals surface area contributed by atoms with Gasteiger partial charge in [-0.15, -0.1) is 0 Å². The number of rotatable bonds is 4. The molecule has 0 fully saturated rings. The third-order valence-corrected chi connectivity index (χ3v) is 4.46. The summed E-state index contributed by atoms with van der Waals surface area (Å²) in [5.74, 6) is 0. The monoisotopic (exact) mass is 214 g/mol. The number of aliphatic hydroxyl groups is 1. The van der Waals surface area contributed by atoms with Gasteiger partial charge in [-0.05, 0) is 18.6 Å². The summed E-state index contributed by atoms with van der Waals surface area (Å²) in [6, 6.07) is 8.22. The van der Waals surface area contributed by atoms with Crippen molar-refractivity contribution in [1.82, 2.24) is 0 Å². The van der Waals surface area contributed by atoms with E-state index in [0.717, 1.165) is 0 Å². The zero-order valence-corrected chi connectivity index (χ0v) is 8.87. The van der Waals surface area contributed by atoms with E-state index in [4.69, 9.17) is 5.11 Å². The van der Waals surface area contributed by atoms with Crippen molar-refractivity contribution in [2.75, 3.05) is 6.61 Å². The molecule has 0 aliphatic carbocycles.